The summed E-state index contributed by atoms with van der Waals surface area (Å²) in [6.45, 7) is 5.72. The number of carbonyl (C=O) groups excluding carboxylic acids is 1. The molecule has 2 N–H and O–H groups in total. The van der Waals surface area contributed by atoms with Gasteiger partial charge in [-0.1, -0.05) is 12.1 Å². The van der Waals surface area contributed by atoms with Crippen molar-refractivity contribution < 1.29 is 19.4 Å². The molecule has 0 aliphatic carbocycles. The van der Waals surface area contributed by atoms with Crippen LogP contribution in [-0.2, 0) is 9.59 Å². The molecule has 0 bridgehead atoms. The molecule has 5 heteroatoms. The quantitative estimate of drug-likeness (QED) is 0.722. The molecule has 0 aromatic heterocycles. The first-order chi connectivity index (χ1) is 9.90. The van der Waals surface area contributed by atoms with E-state index in [1.165, 1.54) is 0 Å². The predicted molar refractivity (Wildman–Crippen MR) is 80.3 cm³/mol. The summed E-state index contributed by atoms with van der Waals surface area (Å²) in [5, 5.41) is 11.6. The van der Waals surface area contributed by atoms with Gasteiger partial charge in [0.2, 0.25) is 5.91 Å². The Balaban J connectivity index is 2.23. The van der Waals surface area contributed by atoms with Crippen molar-refractivity contribution >= 4 is 11.9 Å². The first-order valence-electron chi connectivity index (χ1n) is 7.11. The minimum absolute atomic E-state index is 0.150. The SMILES string of the molecule is Cc1cccc(OCCCC(=O)NC(C)C(C)C(=O)O)c1. The molecular formula is C16H23NO4. The van der Waals surface area contributed by atoms with Gasteiger partial charge in [-0.05, 0) is 44.9 Å². The van der Waals surface area contributed by atoms with E-state index in [0.717, 1.165) is 11.3 Å². The number of carbonyl (C=O) groups is 2. The molecule has 1 aromatic rings. The van der Waals surface area contributed by atoms with Gasteiger partial charge in [0.15, 0.2) is 0 Å². The van der Waals surface area contributed by atoms with Crippen molar-refractivity contribution in [2.24, 2.45) is 5.92 Å². The molecule has 1 aromatic carbocycles. The summed E-state index contributed by atoms with van der Waals surface area (Å²) >= 11 is 0. The van der Waals surface area contributed by atoms with Crippen LogP contribution in [-0.4, -0.2) is 29.6 Å². The van der Waals surface area contributed by atoms with Crippen LogP contribution in [0.2, 0.25) is 0 Å². The molecule has 2 unspecified atom stereocenters. The van der Waals surface area contributed by atoms with E-state index in [0.29, 0.717) is 19.4 Å². The fourth-order valence-electron chi connectivity index (χ4n) is 1.79. The van der Waals surface area contributed by atoms with E-state index in [2.05, 4.69) is 5.32 Å². The first kappa shape index (κ1) is 17.0. The molecule has 1 rings (SSSR count). The van der Waals surface area contributed by atoms with Crippen molar-refractivity contribution in [3.63, 3.8) is 0 Å². The van der Waals surface area contributed by atoms with Crippen molar-refractivity contribution in [1.82, 2.24) is 5.32 Å². The zero-order chi connectivity index (χ0) is 15.8. The standard InChI is InChI=1S/C16H23NO4/c1-11-6-4-7-14(10-11)21-9-5-8-15(18)17-13(3)12(2)16(19)20/h4,6-7,10,12-13H,5,8-9H2,1-3H3,(H,17,18)(H,19,20). The van der Waals surface area contributed by atoms with Gasteiger partial charge in [-0.3, -0.25) is 9.59 Å². The molecule has 0 radical (unpaired) electrons. The molecule has 0 heterocycles. The minimum atomic E-state index is -0.911. The molecule has 0 aliphatic rings. The maximum absolute atomic E-state index is 11.7. The molecule has 0 saturated carbocycles. The molecule has 0 spiro atoms. The zero-order valence-electron chi connectivity index (χ0n) is 12.8. The second-order valence-corrected chi connectivity index (χ2v) is 5.25. The van der Waals surface area contributed by atoms with Crippen LogP contribution < -0.4 is 10.1 Å². The van der Waals surface area contributed by atoms with Gasteiger partial charge in [-0.2, -0.15) is 0 Å². The number of hydrogen-bond acceptors (Lipinski definition) is 3. The van der Waals surface area contributed by atoms with Gasteiger partial charge in [0.25, 0.3) is 0 Å². The molecular weight excluding hydrogens is 270 g/mol. The van der Waals surface area contributed by atoms with E-state index in [9.17, 15) is 9.59 Å². The fraction of sp³-hybridized carbons (Fsp3) is 0.500. The number of hydrogen-bond donors (Lipinski definition) is 2. The minimum Gasteiger partial charge on any atom is -0.494 e. The highest BCUT2D eigenvalue weighted by atomic mass is 16.5. The van der Waals surface area contributed by atoms with Crippen molar-refractivity contribution in [3.05, 3.63) is 29.8 Å². The second kappa shape index (κ2) is 8.29. The first-order valence-corrected chi connectivity index (χ1v) is 7.11. The summed E-state index contributed by atoms with van der Waals surface area (Å²) in [6, 6.07) is 7.35. The van der Waals surface area contributed by atoms with Crippen LogP contribution in [0.25, 0.3) is 0 Å². The maximum Gasteiger partial charge on any atom is 0.308 e. The van der Waals surface area contributed by atoms with Crippen molar-refractivity contribution in [2.45, 2.75) is 39.7 Å². The lowest BCUT2D eigenvalue weighted by molar-refractivity contribution is -0.142. The number of aryl methyl sites for hydroxylation is 1. The lowest BCUT2D eigenvalue weighted by atomic mass is 10.0. The van der Waals surface area contributed by atoms with Crippen LogP contribution >= 0.6 is 0 Å². The average molecular weight is 293 g/mol. The van der Waals surface area contributed by atoms with Gasteiger partial charge in [0, 0.05) is 12.5 Å². The molecule has 5 nitrogen and oxygen atoms in total. The third-order valence-electron chi connectivity index (χ3n) is 3.33. The Morgan fingerprint density at radius 1 is 1.33 bits per heavy atom. The van der Waals surface area contributed by atoms with Crippen LogP contribution in [0.3, 0.4) is 0 Å². The number of ether oxygens (including phenoxy) is 1. The molecule has 0 aliphatic heterocycles. The summed E-state index contributed by atoms with van der Waals surface area (Å²) < 4.78 is 5.55. The van der Waals surface area contributed by atoms with Crippen LogP contribution in [0, 0.1) is 12.8 Å². The number of amides is 1. The smallest absolute Gasteiger partial charge is 0.308 e. The van der Waals surface area contributed by atoms with E-state index in [-0.39, 0.29) is 11.9 Å². The lowest BCUT2D eigenvalue weighted by Gasteiger charge is -2.17. The van der Waals surface area contributed by atoms with Gasteiger partial charge < -0.3 is 15.2 Å². The maximum atomic E-state index is 11.7. The predicted octanol–water partition coefficient (Wildman–Crippen LogP) is 2.38. The Kier molecular flexibility index (Phi) is 6.72. The number of benzene rings is 1. The zero-order valence-corrected chi connectivity index (χ0v) is 12.8. The van der Waals surface area contributed by atoms with E-state index in [1.807, 2.05) is 31.2 Å². The average Bonchev–Trinajstić information content (AvgIpc) is 2.42. The monoisotopic (exact) mass is 293 g/mol. The summed E-state index contributed by atoms with van der Waals surface area (Å²) in [7, 11) is 0. The fourth-order valence-corrected chi connectivity index (χ4v) is 1.79. The van der Waals surface area contributed by atoms with Gasteiger partial charge >= 0.3 is 5.97 Å². The number of carboxylic acid groups (broad SMARTS) is 1. The van der Waals surface area contributed by atoms with Gasteiger partial charge in [-0.25, -0.2) is 0 Å². The molecule has 0 saturated heterocycles. The van der Waals surface area contributed by atoms with Crippen molar-refractivity contribution in [3.8, 4) is 5.75 Å². The van der Waals surface area contributed by atoms with E-state index < -0.39 is 11.9 Å². The third kappa shape index (κ3) is 6.29. The Hall–Kier alpha value is -2.04. The van der Waals surface area contributed by atoms with Crippen LogP contribution in [0.5, 0.6) is 5.75 Å². The number of nitrogens with one attached hydrogen (secondary N) is 1. The molecule has 0 fully saturated rings. The summed E-state index contributed by atoms with van der Waals surface area (Å²) in [6.07, 6.45) is 0.913. The highest BCUT2D eigenvalue weighted by Gasteiger charge is 2.20. The molecule has 21 heavy (non-hydrogen) atoms. The van der Waals surface area contributed by atoms with E-state index >= 15 is 0 Å². The van der Waals surface area contributed by atoms with Crippen LogP contribution in [0.4, 0.5) is 0 Å². The topological polar surface area (TPSA) is 75.6 Å². The largest absolute Gasteiger partial charge is 0.494 e. The number of carboxylic acids is 1. The normalized spacial score (nSPS) is 13.3. The Bertz CT molecular complexity index is 487. The van der Waals surface area contributed by atoms with Crippen molar-refractivity contribution in [2.75, 3.05) is 6.61 Å². The lowest BCUT2D eigenvalue weighted by Crippen LogP contribution is -2.40. The summed E-state index contributed by atoms with van der Waals surface area (Å²) in [5.41, 5.74) is 1.13. The van der Waals surface area contributed by atoms with Crippen LogP contribution in [0.15, 0.2) is 24.3 Å². The second-order valence-electron chi connectivity index (χ2n) is 5.25. The Morgan fingerprint density at radius 2 is 2.05 bits per heavy atom. The Labute approximate surface area is 125 Å². The van der Waals surface area contributed by atoms with Crippen molar-refractivity contribution in [1.29, 1.82) is 0 Å². The van der Waals surface area contributed by atoms with E-state index in [4.69, 9.17) is 9.84 Å². The number of aliphatic carboxylic acids is 1. The highest BCUT2D eigenvalue weighted by Crippen LogP contribution is 2.12. The Morgan fingerprint density at radius 3 is 2.67 bits per heavy atom. The van der Waals surface area contributed by atoms with Crippen LogP contribution in [0.1, 0.15) is 32.3 Å². The van der Waals surface area contributed by atoms with Gasteiger partial charge in [-0.15, -0.1) is 0 Å². The van der Waals surface area contributed by atoms with E-state index in [1.54, 1.807) is 13.8 Å². The molecule has 2 atom stereocenters. The molecule has 1 amide bonds. The number of rotatable bonds is 8. The summed E-state index contributed by atoms with van der Waals surface area (Å²) in [4.78, 5) is 22.5. The summed E-state index contributed by atoms with van der Waals surface area (Å²) in [5.74, 6) is -0.866. The van der Waals surface area contributed by atoms with Gasteiger partial charge in [0.05, 0.1) is 12.5 Å². The highest BCUT2D eigenvalue weighted by molar-refractivity contribution is 5.77. The van der Waals surface area contributed by atoms with Gasteiger partial charge in [0.1, 0.15) is 5.75 Å². The molecule has 116 valence electrons. The third-order valence-corrected chi connectivity index (χ3v) is 3.33.